The van der Waals surface area contributed by atoms with Crippen LogP contribution in [0.1, 0.15) is 50.5 Å². The zero-order valence-corrected chi connectivity index (χ0v) is 17.0. The van der Waals surface area contributed by atoms with Gasteiger partial charge in [-0.05, 0) is 36.1 Å². The topological polar surface area (TPSA) is 101 Å². The van der Waals surface area contributed by atoms with Crippen molar-refractivity contribution < 1.29 is 38.7 Å². The van der Waals surface area contributed by atoms with Crippen molar-refractivity contribution in [3.05, 3.63) is 36.4 Å². The van der Waals surface area contributed by atoms with Gasteiger partial charge < -0.3 is 19.3 Å². The quantitative estimate of drug-likeness (QED) is 0.368. The number of carbonyl (C=O) groups excluding carboxylic acids is 1. The molecular formula is C22H28O8. The minimum absolute atomic E-state index is 0.0548. The zero-order chi connectivity index (χ0) is 21.4. The molecule has 1 saturated heterocycles. The number of ether oxygens (including phenoxy) is 3. The maximum absolute atomic E-state index is 11.3. The Morgan fingerprint density at radius 1 is 1.10 bits per heavy atom. The standard InChI is InChI=1S/C22H28O8/c1-16(19-15-28-22(30-29-19)11-3-2-4-12-22)17-5-7-18(8-6-17)26-13-14-27-21(25)10-9-20(23)24/h5-8,19H,1-4,9-15H2,(H,23,24). The van der Waals surface area contributed by atoms with Crippen LogP contribution in [0.3, 0.4) is 0 Å². The summed E-state index contributed by atoms with van der Waals surface area (Å²) in [5, 5.41) is 8.53. The first-order valence-electron chi connectivity index (χ1n) is 10.3. The van der Waals surface area contributed by atoms with Crippen molar-refractivity contribution in [2.75, 3.05) is 19.8 Å². The number of hydrogen-bond donors (Lipinski definition) is 1. The van der Waals surface area contributed by atoms with Crippen LogP contribution < -0.4 is 4.74 Å². The fraction of sp³-hybridized carbons (Fsp3) is 0.545. The second-order valence-electron chi connectivity index (χ2n) is 7.46. The third-order valence-electron chi connectivity index (χ3n) is 5.20. The van der Waals surface area contributed by atoms with Crippen LogP contribution >= 0.6 is 0 Å². The molecule has 0 bridgehead atoms. The fourth-order valence-electron chi connectivity index (χ4n) is 3.45. The Morgan fingerprint density at radius 3 is 2.47 bits per heavy atom. The molecule has 1 saturated carbocycles. The predicted octanol–water partition coefficient (Wildman–Crippen LogP) is 3.49. The fourth-order valence-corrected chi connectivity index (χ4v) is 3.45. The van der Waals surface area contributed by atoms with Gasteiger partial charge in [0.2, 0.25) is 5.79 Å². The zero-order valence-electron chi connectivity index (χ0n) is 17.0. The third kappa shape index (κ3) is 6.29. The van der Waals surface area contributed by atoms with Crippen molar-refractivity contribution in [1.29, 1.82) is 0 Å². The monoisotopic (exact) mass is 420 g/mol. The van der Waals surface area contributed by atoms with E-state index in [1.54, 1.807) is 12.1 Å². The second-order valence-corrected chi connectivity index (χ2v) is 7.46. The highest BCUT2D eigenvalue weighted by Gasteiger charge is 2.41. The van der Waals surface area contributed by atoms with E-state index >= 15 is 0 Å². The molecule has 8 nitrogen and oxygen atoms in total. The Balaban J connectivity index is 1.39. The molecule has 1 aliphatic heterocycles. The van der Waals surface area contributed by atoms with Crippen LogP contribution in [0.25, 0.3) is 5.57 Å². The van der Waals surface area contributed by atoms with Crippen LogP contribution in [0, 0.1) is 0 Å². The van der Waals surface area contributed by atoms with Gasteiger partial charge in [-0.25, -0.2) is 9.78 Å². The summed E-state index contributed by atoms with van der Waals surface area (Å²) < 4.78 is 16.4. The van der Waals surface area contributed by atoms with E-state index in [4.69, 9.17) is 29.1 Å². The summed E-state index contributed by atoms with van der Waals surface area (Å²) in [5.74, 6) is -1.56. The normalized spacial score (nSPS) is 20.5. The van der Waals surface area contributed by atoms with Gasteiger partial charge in [-0.15, -0.1) is 0 Å². The Bertz CT molecular complexity index is 726. The first-order chi connectivity index (χ1) is 14.5. The Hall–Kier alpha value is -2.42. The molecule has 1 atom stereocenters. The number of carboxylic acids is 1. The van der Waals surface area contributed by atoms with Gasteiger partial charge in [0.25, 0.3) is 0 Å². The molecule has 30 heavy (non-hydrogen) atoms. The van der Waals surface area contributed by atoms with E-state index in [1.165, 1.54) is 6.42 Å². The van der Waals surface area contributed by atoms with E-state index in [1.807, 2.05) is 12.1 Å². The number of rotatable bonds is 9. The van der Waals surface area contributed by atoms with E-state index in [-0.39, 0.29) is 32.2 Å². The van der Waals surface area contributed by atoms with Crippen molar-refractivity contribution in [1.82, 2.24) is 0 Å². The molecule has 0 amide bonds. The summed E-state index contributed by atoms with van der Waals surface area (Å²) in [6.45, 7) is 4.75. The molecule has 3 rings (SSSR count). The maximum atomic E-state index is 11.3. The summed E-state index contributed by atoms with van der Waals surface area (Å²) >= 11 is 0. The molecule has 164 valence electrons. The summed E-state index contributed by atoms with van der Waals surface area (Å²) in [4.78, 5) is 33.0. The van der Waals surface area contributed by atoms with Crippen LogP contribution in [0.15, 0.2) is 30.8 Å². The number of esters is 1. The third-order valence-corrected chi connectivity index (χ3v) is 5.20. The SMILES string of the molecule is C=C(c1ccc(OCCOC(=O)CCC(=O)O)cc1)C1COC2(CCCCC2)OO1. The van der Waals surface area contributed by atoms with Gasteiger partial charge in [-0.3, -0.25) is 9.59 Å². The van der Waals surface area contributed by atoms with E-state index in [0.29, 0.717) is 12.4 Å². The second kappa shape index (κ2) is 10.6. The van der Waals surface area contributed by atoms with Gasteiger partial charge in [0.05, 0.1) is 19.4 Å². The molecule has 2 aliphatic rings. The molecule has 1 spiro atoms. The number of carboxylic acid groups (broad SMARTS) is 1. The van der Waals surface area contributed by atoms with Crippen LogP contribution in [-0.2, 0) is 28.8 Å². The van der Waals surface area contributed by atoms with Crippen LogP contribution in [0.4, 0.5) is 0 Å². The molecule has 1 aliphatic carbocycles. The van der Waals surface area contributed by atoms with Gasteiger partial charge in [0, 0.05) is 12.8 Å². The van der Waals surface area contributed by atoms with Gasteiger partial charge in [0.15, 0.2) is 0 Å². The molecule has 0 radical (unpaired) electrons. The average molecular weight is 420 g/mol. The first kappa shape index (κ1) is 22.3. The number of benzene rings is 1. The Labute approximate surface area is 175 Å². The largest absolute Gasteiger partial charge is 0.490 e. The average Bonchev–Trinajstić information content (AvgIpc) is 2.76. The number of carbonyl (C=O) groups is 2. The van der Waals surface area contributed by atoms with Crippen molar-refractivity contribution >= 4 is 17.5 Å². The lowest BCUT2D eigenvalue weighted by Gasteiger charge is -2.41. The maximum Gasteiger partial charge on any atom is 0.306 e. The van der Waals surface area contributed by atoms with Crippen molar-refractivity contribution in [2.24, 2.45) is 0 Å². The molecule has 2 fully saturated rings. The van der Waals surface area contributed by atoms with Crippen molar-refractivity contribution in [2.45, 2.75) is 56.8 Å². The summed E-state index contributed by atoms with van der Waals surface area (Å²) in [6.07, 6.45) is 4.31. The molecule has 1 aromatic rings. The Kier molecular flexibility index (Phi) is 7.84. The predicted molar refractivity (Wildman–Crippen MR) is 107 cm³/mol. The van der Waals surface area contributed by atoms with E-state index in [9.17, 15) is 9.59 Å². The highest BCUT2D eigenvalue weighted by atomic mass is 17.2. The van der Waals surface area contributed by atoms with Crippen molar-refractivity contribution in [3.8, 4) is 5.75 Å². The van der Waals surface area contributed by atoms with E-state index < -0.39 is 17.7 Å². The molecule has 1 aromatic carbocycles. The van der Waals surface area contributed by atoms with Gasteiger partial charge in [0.1, 0.15) is 25.1 Å². The molecule has 1 heterocycles. The molecule has 8 heteroatoms. The van der Waals surface area contributed by atoms with Crippen LogP contribution in [-0.4, -0.2) is 48.8 Å². The molecule has 0 aromatic heterocycles. The van der Waals surface area contributed by atoms with Gasteiger partial charge in [-0.2, -0.15) is 0 Å². The molecule has 1 unspecified atom stereocenters. The van der Waals surface area contributed by atoms with Crippen LogP contribution in [0.5, 0.6) is 5.75 Å². The minimum atomic E-state index is -1.03. The summed E-state index contributed by atoms with van der Waals surface area (Å²) in [5.41, 5.74) is 1.65. The lowest BCUT2D eigenvalue weighted by Crippen LogP contribution is -2.46. The van der Waals surface area contributed by atoms with E-state index in [0.717, 1.165) is 36.8 Å². The summed E-state index contributed by atoms with van der Waals surface area (Å²) in [6, 6.07) is 7.32. The number of aliphatic carboxylic acids is 1. The smallest absolute Gasteiger partial charge is 0.306 e. The first-order valence-corrected chi connectivity index (χ1v) is 10.3. The molecule has 1 N–H and O–H groups in total. The number of hydrogen-bond acceptors (Lipinski definition) is 7. The lowest BCUT2D eigenvalue weighted by molar-refractivity contribution is -0.483. The summed E-state index contributed by atoms with van der Waals surface area (Å²) in [7, 11) is 0. The Morgan fingerprint density at radius 2 is 1.83 bits per heavy atom. The van der Waals surface area contributed by atoms with Crippen LogP contribution in [0.2, 0.25) is 0 Å². The highest BCUT2D eigenvalue weighted by molar-refractivity contribution is 5.76. The minimum Gasteiger partial charge on any atom is -0.490 e. The van der Waals surface area contributed by atoms with Gasteiger partial charge in [-0.1, -0.05) is 25.1 Å². The van der Waals surface area contributed by atoms with Gasteiger partial charge >= 0.3 is 11.9 Å². The lowest BCUT2D eigenvalue weighted by atomic mass is 9.94. The highest BCUT2D eigenvalue weighted by Crippen LogP contribution is 2.37. The van der Waals surface area contributed by atoms with Crippen molar-refractivity contribution in [3.63, 3.8) is 0 Å². The molecular weight excluding hydrogens is 392 g/mol. The van der Waals surface area contributed by atoms with E-state index in [2.05, 4.69) is 6.58 Å².